The highest BCUT2D eigenvalue weighted by atomic mass is 16.2. The van der Waals surface area contributed by atoms with Gasteiger partial charge < -0.3 is 31.9 Å². The van der Waals surface area contributed by atoms with Crippen LogP contribution in [-0.2, 0) is 0 Å². The molecule has 8 unspecified atom stereocenters. The molecule has 0 bridgehead atoms. The zero-order valence-electron chi connectivity index (χ0n) is 28.8. The number of fused-ring (bicyclic) bond motifs is 1. The van der Waals surface area contributed by atoms with Gasteiger partial charge in [-0.15, -0.1) is 0 Å². The number of carbonyl (C=O) groups is 2. The first kappa shape index (κ1) is 34.0. The molecule has 4 rings (SSSR count). The summed E-state index contributed by atoms with van der Waals surface area (Å²) in [7, 11) is 0. The van der Waals surface area contributed by atoms with Crippen LogP contribution in [-0.4, -0.2) is 46.3 Å². The van der Waals surface area contributed by atoms with Gasteiger partial charge in [-0.05, 0) is 90.2 Å². The fourth-order valence-corrected chi connectivity index (χ4v) is 7.74. The number of piperidine rings is 2. The van der Waals surface area contributed by atoms with Crippen LogP contribution < -0.4 is 31.9 Å². The van der Waals surface area contributed by atoms with Crippen LogP contribution in [0.3, 0.4) is 0 Å². The summed E-state index contributed by atoms with van der Waals surface area (Å²) in [5.41, 5.74) is 1.24. The van der Waals surface area contributed by atoms with Crippen molar-refractivity contribution >= 4 is 34.2 Å². The quantitative estimate of drug-likeness (QED) is 0.185. The molecular formula is C36H58N6O2. The Morgan fingerprint density at radius 1 is 0.659 bits per heavy atom. The Labute approximate surface area is 265 Å². The average molecular weight is 607 g/mol. The third-order valence-corrected chi connectivity index (χ3v) is 11.8. The number of benzene rings is 2. The molecule has 0 radical (unpaired) electrons. The van der Waals surface area contributed by atoms with Crippen molar-refractivity contribution in [2.24, 2.45) is 11.8 Å². The monoisotopic (exact) mass is 606 g/mol. The summed E-state index contributed by atoms with van der Waals surface area (Å²) in [6, 6.07) is 11.3. The van der Waals surface area contributed by atoms with E-state index in [2.05, 4.69) is 101 Å². The molecule has 0 spiro atoms. The maximum Gasteiger partial charge on any atom is 0.319 e. The van der Waals surface area contributed by atoms with E-state index >= 15 is 0 Å². The van der Waals surface area contributed by atoms with Crippen molar-refractivity contribution in [3.8, 4) is 0 Å². The molecule has 8 nitrogen and oxygen atoms in total. The molecule has 244 valence electrons. The minimum atomic E-state index is -0.206. The van der Waals surface area contributed by atoms with Gasteiger partial charge in [0.1, 0.15) is 0 Å². The van der Waals surface area contributed by atoms with Gasteiger partial charge in [-0.1, -0.05) is 65.8 Å². The van der Waals surface area contributed by atoms with Crippen molar-refractivity contribution in [2.45, 2.75) is 142 Å². The molecule has 0 aromatic heterocycles. The average Bonchev–Trinajstić information content (AvgIpc) is 2.98. The third-order valence-electron chi connectivity index (χ3n) is 11.8. The van der Waals surface area contributed by atoms with Gasteiger partial charge >= 0.3 is 12.1 Å². The van der Waals surface area contributed by atoms with Gasteiger partial charge in [-0.25, -0.2) is 9.59 Å². The Kier molecular flexibility index (Phi) is 9.96. The van der Waals surface area contributed by atoms with E-state index in [1.54, 1.807) is 0 Å². The first-order chi connectivity index (χ1) is 20.6. The number of hydrogen-bond donors (Lipinski definition) is 6. The Bertz CT molecular complexity index is 1250. The second-order valence-electron chi connectivity index (χ2n) is 14.7. The molecule has 6 N–H and O–H groups in total. The lowest BCUT2D eigenvalue weighted by molar-refractivity contribution is 0.0628. The summed E-state index contributed by atoms with van der Waals surface area (Å²) in [5, 5.41) is 22.4. The molecule has 8 heteroatoms. The predicted octanol–water partition coefficient (Wildman–Crippen LogP) is 7.75. The number of nitrogens with one attached hydrogen (secondary N) is 6. The van der Waals surface area contributed by atoms with Gasteiger partial charge in [0.25, 0.3) is 0 Å². The van der Waals surface area contributed by atoms with Crippen molar-refractivity contribution < 1.29 is 9.59 Å². The van der Waals surface area contributed by atoms with E-state index in [1.807, 2.05) is 36.4 Å². The van der Waals surface area contributed by atoms with Gasteiger partial charge in [0.2, 0.25) is 0 Å². The maximum atomic E-state index is 13.4. The van der Waals surface area contributed by atoms with Crippen LogP contribution in [0, 0.1) is 11.8 Å². The van der Waals surface area contributed by atoms with E-state index in [9.17, 15) is 9.59 Å². The molecule has 8 atom stereocenters. The second-order valence-corrected chi connectivity index (χ2v) is 14.7. The maximum absolute atomic E-state index is 13.4. The normalized spacial score (nSPS) is 35.6. The molecule has 4 amide bonds. The Hall–Kier alpha value is -2.84. The summed E-state index contributed by atoms with van der Waals surface area (Å²) in [4.78, 5) is 26.8. The van der Waals surface area contributed by atoms with Crippen molar-refractivity contribution in [3.05, 3.63) is 36.4 Å². The fraction of sp³-hybridized carbons (Fsp3) is 0.667. The van der Waals surface area contributed by atoms with E-state index in [4.69, 9.17) is 0 Å². The smallest absolute Gasteiger partial charge is 0.319 e. The lowest BCUT2D eigenvalue weighted by Crippen LogP contribution is -2.68. The van der Waals surface area contributed by atoms with Gasteiger partial charge in [0, 0.05) is 45.0 Å². The minimum absolute atomic E-state index is 0.0357. The minimum Gasteiger partial charge on any atom is -0.335 e. The molecule has 0 saturated carbocycles. The highest BCUT2D eigenvalue weighted by Crippen LogP contribution is 2.39. The Balaban J connectivity index is 1.49. The number of rotatable bonds is 8. The number of anilines is 2. The van der Waals surface area contributed by atoms with Crippen LogP contribution >= 0.6 is 0 Å². The van der Waals surface area contributed by atoms with Crippen LogP contribution in [0.5, 0.6) is 0 Å². The third kappa shape index (κ3) is 6.86. The summed E-state index contributed by atoms with van der Waals surface area (Å²) in [6.45, 7) is 22.3. The van der Waals surface area contributed by atoms with Crippen molar-refractivity contribution in [3.63, 3.8) is 0 Å². The lowest BCUT2D eigenvalue weighted by Gasteiger charge is -2.53. The molecule has 2 heterocycles. The standard InChI is InChI=1S/C36H58N6O2/c1-11-33(7)21-29(23(5)35(9,13-3)41-33)39-31(43)37-27-19-15-18-26-25(27)17-16-20-28(26)38-32(44)40-30-22-34(8,12-2)42-36(10,14-4)24(30)6/h15-20,23-24,29-30,41-42H,11-14,21-22H2,1-10H3,(H2,37,39,43)(H2,38,40,44). The zero-order chi connectivity index (χ0) is 32.5. The first-order valence-corrected chi connectivity index (χ1v) is 16.9. The topological polar surface area (TPSA) is 106 Å². The van der Waals surface area contributed by atoms with E-state index in [0.717, 1.165) is 49.3 Å². The van der Waals surface area contributed by atoms with Crippen molar-refractivity contribution in [1.29, 1.82) is 0 Å². The van der Waals surface area contributed by atoms with Crippen molar-refractivity contribution in [2.75, 3.05) is 10.6 Å². The Morgan fingerprint density at radius 3 is 1.34 bits per heavy atom. The molecular weight excluding hydrogens is 548 g/mol. The van der Waals surface area contributed by atoms with Gasteiger partial charge in [-0.3, -0.25) is 0 Å². The van der Waals surface area contributed by atoms with Crippen molar-refractivity contribution in [1.82, 2.24) is 21.3 Å². The zero-order valence-corrected chi connectivity index (χ0v) is 28.8. The van der Waals surface area contributed by atoms with E-state index in [-0.39, 0.29) is 58.1 Å². The van der Waals surface area contributed by atoms with E-state index in [0.29, 0.717) is 11.4 Å². The summed E-state index contributed by atoms with van der Waals surface area (Å²) < 4.78 is 0. The van der Waals surface area contributed by atoms with Crippen LogP contribution in [0.1, 0.15) is 108 Å². The Morgan fingerprint density at radius 2 is 1.02 bits per heavy atom. The molecule has 2 aliphatic rings. The molecule has 44 heavy (non-hydrogen) atoms. The largest absolute Gasteiger partial charge is 0.335 e. The molecule has 2 aromatic carbocycles. The van der Waals surface area contributed by atoms with Crippen LogP contribution in [0.2, 0.25) is 0 Å². The van der Waals surface area contributed by atoms with Gasteiger partial charge in [-0.2, -0.15) is 0 Å². The number of hydrogen-bond acceptors (Lipinski definition) is 4. The summed E-state index contributed by atoms with van der Waals surface area (Å²) in [6.07, 6.45) is 5.71. The van der Waals surface area contributed by atoms with Crippen LogP contribution in [0.15, 0.2) is 36.4 Å². The predicted molar refractivity (Wildman–Crippen MR) is 184 cm³/mol. The molecule has 2 saturated heterocycles. The second kappa shape index (κ2) is 12.9. The lowest BCUT2D eigenvalue weighted by atomic mass is 9.69. The highest BCUT2D eigenvalue weighted by Gasteiger charge is 2.48. The molecule has 0 aliphatic carbocycles. The van der Waals surface area contributed by atoms with Crippen LogP contribution in [0.25, 0.3) is 10.8 Å². The molecule has 2 aliphatic heterocycles. The number of carbonyl (C=O) groups excluding carboxylic acids is 2. The number of amides is 4. The van der Waals surface area contributed by atoms with E-state index in [1.165, 1.54) is 0 Å². The highest BCUT2D eigenvalue weighted by molar-refractivity contribution is 6.08. The van der Waals surface area contributed by atoms with E-state index < -0.39 is 0 Å². The van der Waals surface area contributed by atoms with Crippen LogP contribution in [0.4, 0.5) is 21.0 Å². The molecule has 2 aromatic rings. The fourth-order valence-electron chi connectivity index (χ4n) is 7.74. The summed E-state index contributed by atoms with van der Waals surface area (Å²) in [5.74, 6) is 0.542. The summed E-state index contributed by atoms with van der Waals surface area (Å²) >= 11 is 0. The SMILES string of the molecule is CCC1(C)CC(NC(=O)Nc2cccc3c(NC(=O)NC4CC(C)(CC)NC(C)(CC)C4C)cccc23)C(C)C(C)(CC)N1. The number of urea groups is 2. The molecule has 2 fully saturated rings. The first-order valence-electron chi connectivity index (χ1n) is 16.9. The van der Waals surface area contributed by atoms with Gasteiger partial charge in [0.15, 0.2) is 0 Å². The van der Waals surface area contributed by atoms with Gasteiger partial charge in [0.05, 0.1) is 11.4 Å².